The molecule has 23 heteroatoms. The summed E-state index contributed by atoms with van der Waals surface area (Å²) in [4.78, 5) is 127. The quantitative estimate of drug-likeness (QED) is 0.0330. The van der Waals surface area contributed by atoms with Crippen molar-refractivity contribution in [3.8, 4) is 0 Å². The summed E-state index contributed by atoms with van der Waals surface area (Å²) in [6.07, 6.45) is -0.285. The van der Waals surface area contributed by atoms with Crippen LogP contribution in [-0.2, 0) is 60.8 Å². The van der Waals surface area contributed by atoms with E-state index in [9.17, 15) is 58.2 Å². The Bertz CT molecular complexity index is 1920. The number of carboxylic acid groups (broad SMARTS) is 3. The van der Waals surface area contributed by atoms with Crippen LogP contribution in [0.25, 0.3) is 0 Å². The van der Waals surface area contributed by atoms with Crippen molar-refractivity contribution >= 4 is 59.3 Å². The highest BCUT2D eigenvalue weighted by atomic mass is 16.4. The van der Waals surface area contributed by atoms with Crippen molar-refractivity contribution in [2.45, 2.75) is 100 Å². The molecule has 0 heterocycles. The van der Waals surface area contributed by atoms with Gasteiger partial charge < -0.3 is 69.7 Å². The number of carbonyl (C=O) groups excluding carboxylic acids is 7. The van der Waals surface area contributed by atoms with E-state index in [1.807, 2.05) is 0 Å². The molecule has 0 spiro atoms. The Labute approximate surface area is 374 Å². The summed E-state index contributed by atoms with van der Waals surface area (Å²) in [7, 11) is 0. The Morgan fingerprint density at radius 2 is 0.862 bits per heavy atom. The van der Waals surface area contributed by atoms with Crippen LogP contribution >= 0.6 is 0 Å². The van der Waals surface area contributed by atoms with Gasteiger partial charge in [0.2, 0.25) is 41.4 Å². The van der Waals surface area contributed by atoms with Crippen molar-refractivity contribution in [1.29, 1.82) is 0 Å². The van der Waals surface area contributed by atoms with Crippen molar-refractivity contribution in [3.05, 3.63) is 71.8 Å². The van der Waals surface area contributed by atoms with Gasteiger partial charge in [-0.15, -0.1) is 0 Å². The van der Waals surface area contributed by atoms with Crippen LogP contribution in [0.2, 0.25) is 0 Å². The number of nitrogens with two attached hydrogens (primary N) is 3. The molecule has 356 valence electrons. The lowest BCUT2D eigenvalue weighted by molar-refractivity contribution is -0.142. The van der Waals surface area contributed by atoms with Gasteiger partial charge in [0.15, 0.2) is 0 Å². The predicted molar refractivity (Wildman–Crippen MR) is 232 cm³/mol. The highest BCUT2D eigenvalue weighted by Crippen LogP contribution is 2.08. The topological polar surface area (TPSA) is 394 Å². The first-order chi connectivity index (χ1) is 30.9. The number of rotatable bonds is 31. The number of carboxylic acids is 3. The number of hydrogen-bond donors (Lipinski definition) is 13. The van der Waals surface area contributed by atoms with E-state index in [1.165, 1.54) is 0 Å². The maximum Gasteiger partial charge on any atom is 0.326 e. The standard InChI is InChI=1S/C42H60N10O13/c43-17-9-7-15-28(48-33(53)23-47-39(61)31(22-36(57)58)52-41(63)29(16-8-10-18-44)50-37(59)27(45)21-35(55)56)40(62)51-30(19-25-11-3-1-4-12-25)38(60)46-24-34(54)49-32(42(64)65)20-26-13-5-2-6-14-26/h1-6,11-14,27-32H,7-10,15-24,43-45H2,(H,46,60)(H,47,61)(H,48,53)(H,49,54)(H,50,59)(H,51,62)(H,52,63)(H,55,56)(H,57,58)(H,64,65)/t27-,28-,29-,30-,31-,32-/m0/s1. The van der Waals surface area contributed by atoms with Crippen LogP contribution in [0.1, 0.15) is 62.5 Å². The molecule has 0 aliphatic rings. The molecule has 6 atom stereocenters. The van der Waals surface area contributed by atoms with Crippen molar-refractivity contribution < 1.29 is 63.3 Å². The Morgan fingerprint density at radius 1 is 0.462 bits per heavy atom. The lowest BCUT2D eigenvalue weighted by Crippen LogP contribution is -2.57. The highest BCUT2D eigenvalue weighted by Gasteiger charge is 2.32. The van der Waals surface area contributed by atoms with Crippen LogP contribution in [-0.4, -0.2) is 137 Å². The van der Waals surface area contributed by atoms with E-state index >= 15 is 0 Å². The van der Waals surface area contributed by atoms with E-state index in [4.69, 9.17) is 22.3 Å². The number of unbranched alkanes of at least 4 members (excludes halogenated alkanes) is 2. The minimum Gasteiger partial charge on any atom is -0.481 e. The molecular formula is C42H60N10O13. The van der Waals surface area contributed by atoms with E-state index in [1.54, 1.807) is 60.7 Å². The maximum atomic E-state index is 13.8. The zero-order valence-corrected chi connectivity index (χ0v) is 35.8. The number of benzene rings is 2. The minimum atomic E-state index is -1.77. The van der Waals surface area contributed by atoms with Crippen LogP contribution in [0.5, 0.6) is 0 Å². The zero-order chi connectivity index (χ0) is 48.3. The van der Waals surface area contributed by atoms with Crippen molar-refractivity contribution in [3.63, 3.8) is 0 Å². The summed E-state index contributed by atoms with van der Waals surface area (Å²) >= 11 is 0. The van der Waals surface area contributed by atoms with Crippen LogP contribution < -0.4 is 54.4 Å². The second-order valence-electron chi connectivity index (χ2n) is 14.9. The first-order valence-electron chi connectivity index (χ1n) is 20.9. The molecule has 0 radical (unpaired) electrons. The normalized spacial score (nSPS) is 13.5. The van der Waals surface area contributed by atoms with E-state index in [0.717, 1.165) is 0 Å². The Balaban J connectivity index is 2.17. The summed E-state index contributed by atoms with van der Waals surface area (Å²) < 4.78 is 0. The Hall–Kier alpha value is -6.98. The average Bonchev–Trinajstić information content (AvgIpc) is 3.26. The van der Waals surface area contributed by atoms with E-state index in [0.29, 0.717) is 36.8 Å². The summed E-state index contributed by atoms with van der Waals surface area (Å²) in [6.45, 7) is -0.962. The number of hydrogen-bond acceptors (Lipinski definition) is 13. The summed E-state index contributed by atoms with van der Waals surface area (Å²) in [5.74, 6) is -10.6. The molecule has 0 aromatic heterocycles. The largest absolute Gasteiger partial charge is 0.481 e. The van der Waals surface area contributed by atoms with Gasteiger partial charge >= 0.3 is 17.9 Å². The summed E-state index contributed by atoms with van der Waals surface area (Å²) in [5.41, 5.74) is 18.1. The second kappa shape index (κ2) is 29.4. The second-order valence-corrected chi connectivity index (χ2v) is 14.9. The van der Waals surface area contributed by atoms with Gasteiger partial charge in [0.25, 0.3) is 0 Å². The van der Waals surface area contributed by atoms with Crippen LogP contribution in [0.3, 0.4) is 0 Å². The molecule has 2 rings (SSSR count). The molecule has 0 bridgehead atoms. The Kier molecular flexibility index (Phi) is 24.5. The van der Waals surface area contributed by atoms with Gasteiger partial charge in [-0.2, -0.15) is 0 Å². The molecule has 16 N–H and O–H groups in total. The number of aliphatic carboxylic acids is 3. The monoisotopic (exact) mass is 912 g/mol. The molecule has 0 saturated carbocycles. The fraction of sp³-hybridized carbons (Fsp3) is 0.476. The third kappa shape index (κ3) is 21.8. The van der Waals surface area contributed by atoms with E-state index in [2.05, 4.69) is 37.2 Å². The third-order valence-corrected chi connectivity index (χ3v) is 9.60. The van der Waals surface area contributed by atoms with Crippen molar-refractivity contribution in [1.82, 2.24) is 37.2 Å². The van der Waals surface area contributed by atoms with Crippen LogP contribution in [0, 0.1) is 0 Å². The molecular weight excluding hydrogens is 853 g/mol. The van der Waals surface area contributed by atoms with Gasteiger partial charge in [0, 0.05) is 12.8 Å². The minimum absolute atomic E-state index is 0.0188. The van der Waals surface area contributed by atoms with Gasteiger partial charge in [-0.1, -0.05) is 60.7 Å². The molecule has 23 nitrogen and oxygen atoms in total. The summed E-state index contributed by atoms with van der Waals surface area (Å²) in [5, 5.41) is 44.8. The molecule has 0 aliphatic carbocycles. The molecule has 2 aromatic carbocycles. The number of amides is 7. The lowest BCUT2D eigenvalue weighted by atomic mass is 10.0. The smallest absolute Gasteiger partial charge is 0.326 e. The first kappa shape index (κ1) is 54.2. The third-order valence-electron chi connectivity index (χ3n) is 9.60. The molecule has 7 amide bonds. The fourth-order valence-corrected chi connectivity index (χ4v) is 6.19. The molecule has 2 aromatic rings. The zero-order valence-electron chi connectivity index (χ0n) is 35.8. The average molecular weight is 913 g/mol. The molecule has 65 heavy (non-hydrogen) atoms. The number of carbonyl (C=O) groups is 10. The van der Waals surface area contributed by atoms with Gasteiger partial charge in [-0.3, -0.25) is 43.2 Å². The van der Waals surface area contributed by atoms with Gasteiger partial charge in [0.05, 0.1) is 32.0 Å². The van der Waals surface area contributed by atoms with Gasteiger partial charge in [-0.25, -0.2) is 4.79 Å². The SMILES string of the molecule is NCCCC[C@H](NC(=O)CNC(=O)[C@H](CC(=O)O)NC(=O)[C@H](CCCCN)NC(=O)[C@@H](N)CC(=O)O)C(=O)N[C@@H](Cc1ccccc1)C(=O)NCC(=O)N[C@@H](Cc1ccccc1)C(=O)O. The van der Waals surface area contributed by atoms with Crippen molar-refractivity contribution in [2.24, 2.45) is 17.2 Å². The van der Waals surface area contributed by atoms with Crippen molar-refractivity contribution in [2.75, 3.05) is 26.2 Å². The number of nitrogens with one attached hydrogen (secondary N) is 7. The fourth-order valence-electron chi connectivity index (χ4n) is 6.19. The summed E-state index contributed by atoms with van der Waals surface area (Å²) in [6, 6.07) is 8.56. The van der Waals surface area contributed by atoms with Crippen LogP contribution in [0.4, 0.5) is 0 Å². The van der Waals surface area contributed by atoms with Gasteiger partial charge in [0.1, 0.15) is 30.2 Å². The maximum absolute atomic E-state index is 13.8. The molecule has 0 unspecified atom stereocenters. The first-order valence-corrected chi connectivity index (χ1v) is 20.9. The molecule has 0 fully saturated rings. The lowest BCUT2D eigenvalue weighted by Gasteiger charge is -2.24. The predicted octanol–water partition coefficient (Wildman–Crippen LogP) is -3.25. The molecule has 0 aliphatic heterocycles. The van der Waals surface area contributed by atoms with Gasteiger partial charge in [-0.05, 0) is 62.7 Å². The van der Waals surface area contributed by atoms with Crippen LogP contribution in [0.15, 0.2) is 60.7 Å². The Morgan fingerprint density at radius 3 is 1.31 bits per heavy atom. The molecule has 0 saturated heterocycles. The van der Waals surface area contributed by atoms with E-state index in [-0.39, 0.29) is 38.8 Å². The van der Waals surface area contributed by atoms with E-state index < -0.39 is 121 Å². The highest BCUT2D eigenvalue weighted by molar-refractivity contribution is 5.97.